The van der Waals surface area contributed by atoms with E-state index < -0.39 is 0 Å². The molecule has 1 aromatic rings. The van der Waals surface area contributed by atoms with Crippen LogP contribution in [0.4, 0.5) is 5.69 Å². The van der Waals surface area contributed by atoms with E-state index in [9.17, 15) is 0 Å². The molecule has 0 N–H and O–H groups in total. The minimum Gasteiger partial charge on any atom is -0.494 e. The van der Waals surface area contributed by atoms with Crippen molar-refractivity contribution in [3.63, 3.8) is 0 Å². The van der Waals surface area contributed by atoms with E-state index in [2.05, 4.69) is 20.9 Å². The molecule has 0 atom stereocenters. The van der Waals surface area contributed by atoms with Crippen LogP contribution in [0.25, 0.3) is 0 Å². The van der Waals surface area contributed by atoms with Crippen molar-refractivity contribution in [2.75, 3.05) is 12.4 Å². The first-order chi connectivity index (χ1) is 7.88. The van der Waals surface area contributed by atoms with Gasteiger partial charge in [0.25, 0.3) is 0 Å². The molecule has 0 bridgehead atoms. The van der Waals surface area contributed by atoms with Gasteiger partial charge in [0.15, 0.2) is 0 Å². The number of ether oxygens (including phenoxy) is 1. The van der Waals surface area contributed by atoms with E-state index in [-0.39, 0.29) is 0 Å². The zero-order chi connectivity index (χ0) is 11.6. The predicted octanol–water partition coefficient (Wildman–Crippen LogP) is 4.35. The maximum absolute atomic E-state index is 5.22. The Bertz CT molecular complexity index is 325. The van der Waals surface area contributed by atoms with Crippen LogP contribution in [-0.2, 0) is 0 Å². The lowest BCUT2D eigenvalue weighted by Gasteiger charge is -2.02. The molecule has 1 aromatic carbocycles. The van der Waals surface area contributed by atoms with Crippen molar-refractivity contribution in [1.82, 2.24) is 0 Å². The summed E-state index contributed by atoms with van der Waals surface area (Å²) in [4.78, 5) is 4.41. The number of aliphatic imine (C=N–C) groups is 1. The van der Waals surface area contributed by atoms with Crippen LogP contribution in [0.5, 0.6) is 5.75 Å². The van der Waals surface area contributed by atoms with Gasteiger partial charge >= 0.3 is 0 Å². The summed E-state index contributed by atoms with van der Waals surface area (Å²) in [5.41, 5.74) is 0.908. The highest BCUT2D eigenvalue weighted by molar-refractivity contribution is 9.09. The Labute approximate surface area is 106 Å². The predicted molar refractivity (Wildman–Crippen MR) is 73.4 cm³/mol. The van der Waals surface area contributed by atoms with Gasteiger partial charge in [-0.2, -0.15) is 0 Å². The van der Waals surface area contributed by atoms with Crippen molar-refractivity contribution < 1.29 is 4.74 Å². The fourth-order valence-electron chi connectivity index (χ4n) is 1.41. The number of unbranched alkanes of at least 4 members (excludes halogenated alkanes) is 3. The molecule has 0 radical (unpaired) electrons. The zero-order valence-electron chi connectivity index (χ0n) is 9.66. The Hall–Kier alpha value is -0.830. The molecule has 16 heavy (non-hydrogen) atoms. The number of alkyl halides is 1. The number of hydrogen-bond donors (Lipinski definition) is 0. The van der Waals surface area contributed by atoms with Gasteiger partial charge in [0.2, 0.25) is 0 Å². The molecule has 88 valence electrons. The third-order valence-corrected chi connectivity index (χ3v) is 2.84. The van der Waals surface area contributed by atoms with Crippen molar-refractivity contribution in [2.24, 2.45) is 4.99 Å². The fraction of sp³-hybridized carbons (Fsp3) is 0.462. The number of nitrogens with zero attached hydrogens (tertiary/aromatic N) is 1. The van der Waals surface area contributed by atoms with Crippen LogP contribution in [0, 0.1) is 0 Å². The van der Waals surface area contributed by atoms with E-state index in [0.29, 0.717) is 0 Å². The molecule has 0 aliphatic carbocycles. The van der Waals surface area contributed by atoms with Gasteiger partial charge in [0.05, 0.1) is 7.11 Å². The third-order valence-electron chi connectivity index (χ3n) is 2.28. The molecule has 3 heteroatoms. The van der Waals surface area contributed by atoms with E-state index >= 15 is 0 Å². The average molecular weight is 284 g/mol. The highest BCUT2D eigenvalue weighted by atomic mass is 79.9. The lowest BCUT2D eigenvalue weighted by atomic mass is 10.2. The molecular formula is C13H18BrNO. The van der Waals surface area contributed by atoms with Crippen LogP contribution >= 0.6 is 15.9 Å². The van der Waals surface area contributed by atoms with E-state index in [4.69, 9.17) is 4.74 Å². The fourth-order valence-corrected chi connectivity index (χ4v) is 1.80. The second-order valence-corrected chi connectivity index (χ2v) is 4.31. The highest BCUT2D eigenvalue weighted by Crippen LogP contribution is 2.25. The Kier molecular flexibility index (Phi) is 6.90. The molecule has 0 aliphatic rings. The highest BCUT2D eigenvalue weighted by Gasteiger charge is 1.96. The summed E-state index contributed by atoms with van der Waals surface area (Å²) in [6.45, 7) is 0. The number of methoxy groups -OCH3 is 1. The Morgan fingerprint density at radius 3 is 2.81 bits per heavy atom. The number of para-hydroxylation sites is 2. The van der Waals surface area contributed by atoms with Crippen LogP contribution in [-0.4, -0.2) is 18.7 Å². The van der Waals surface area contributed by atoms with Crippen LogP contribution in [0.1, 0.15) is 25.7 Å². The number of rotatable bonds is 7. The second kappa shape index (κ2) is 8.34. The van der Waals surface area contributed by atoms with E-state index in [1.54, 1.807) is 7.11 Å². The Balaban J connectivity index is 2.37. The van der Waals surface area contributed by atoms with Crippen LogP contribution in [0.15, 0.2) is 29.3 Å². The van der Waals surface area contributed by atoms with E-state index in [1.807, 2.05) is 30.5 Å². The molecule has 0 heterocycles. The summed E-state index contributed by atoms with van der Waals surface area (Å²) in [6.07, 6.45) is 6.70. The van der Waals surface area contributed by atoms with Gasteiger partial charge in [0.1, 0.15) is 11.4 Å². The van der Waals surface area contributed by atoms with Crippen molar-refractivity contribution in [2.45, 2.75) is 25.7 Å². The van der Waals surface area contributed by atoms with Gasteiger partial charge in [0, 0.05) is 11.5 Å². The monoisotopic (exact) mass is 283 g/mol. The molecule has 0 spiro atoms. The second-order valence-electron chi connectivity index (χ2n) is 3.52. The normalized spacial score (nSPS) is 10.9. The number of benzene rings is 1. The molecule has 0 saturated carbocycles. The molecular weight excluding hydrogens is 266 g/mol. The lowest BCUT2D eigenvalue weighted by Crippen LogP contribution is -1.83. The van der Waals surface area contributed by atoms with Crippen molar-refractivity contribution >= 4 is 27.8 Å². The van der Waals surface area contributed by atoms with Crippen molar-refractivity contribution in [3.8, 4) is 5.75 Å². The van der Waals surface area contributed by atoms with Crippen LogP contribution in [0.3, 0.4) is 0 Å². The van der Waals surface area contributed by atoms with Crippen LogP contribution < -0.4 is 4.74 Å². The van der Waals surface area contributed by atoms with Gasteiger partial charge in [-0.25, -0.2) is 0 Å². The average Bonchev–Trinajstić information content (AvgIpc) is 2.34. The summed E-state index contributed by atoms with van der Waals surface area (Å²) in [6, 6.07) is 7.82. The molecule has 0 saturated heterocycles. The van der Waals surface area contributed by atoms with Gasteiger partial charge in [-0.15, -0.1) is 0 Å². The first-order valence-corrected chi connectivity index (χ1v) is 6.72. The van der Waals surface area contributed by atoms with E-state index in [0.717, 1.165) is 23.2 Å². The molecule has 0 amide bonds. The van der Waals surface area contributed by atoms with Crippen molar-refractivity contribution in [1.29, 1.82) is 0 Å². The molecule has 2 nitrogen and oxygen atoms in total. The maximum atomic E-state index is 5.22. The van der Waals surface area contributed by atoms with Gasteiger partial charge in [-0.3, -0.25) is 4.99 Å². The lowest BCUT2D eigenvalue weighted by molar-refractivity contribution is 0.416. The van der Waals surface area contributed by atoms with Gasteiger partial charge < -0.3 is 4.74 Å². The molecule has 1 rings (SSSR count). The van der Waals surface area contributed by atoms with E-state index in [1.165, 1.54) is 19.3 Å². The van der Waals surface area contributed by atoms with Crippen molar-refractivity contribution in [3.05, 3.63) is 24.3 Å². The smallest absolute Gasteiger partial charge is 0.144 e. The SMILES string of the molecule is COc1ccccc1N=CCCCCCBr. The number of halogens is 1. The van der Waals surface area contributed by atoms with Crippen LogP contribution in [0.2, 0.25) is 0 Å². The standard InChI is InChI=1S/C13H18BrNO/c1-16-13-9-5-4-8-12(13)15-11-7-3-2-6-10-14/h4-5,8-9,11H,2-3,6-7,10H2,1H3. The summed E-state index contributed by atoms with van der Waals surface area (Å²) >= 11 is 3.42. The summed E-state index contributed by atoms with van der Waals surface area (Å²) < 4.78 is 5.22. The molecule has 0 unspecified atom stereocenters. The van der Waals surface area contributed by atoms with Gasteiger partial charge in [-0.05, 0) is 31.4 Å². The quantitative estimate of drug-likeness (QED) is 0.414. The minimum atomic E-state index is 0.833. The molecule has 0 fully saturated rings. The maximum Gasteiger partial charge on any atom is 0.144 e. The largest absolute Gasteiger partial charge is 0.494 e. The Morgan fingerprint density at radius 1 is 1.25 bits per heavy atom. The topological polar surface area (TPSA) is 21.6 Å². The summed E-state index contributed by atoms with van der Waals surface area (Å²) in [5.74, 6) is 0.833. The first-order valence-electron chi connectivity index (χ1n) is 5.60. The van der Waals surface area contributed by atoms with Gasteiger partial charge in [-0.1, -0.05) is 34.5 Å². The number of hydrogen-bond acceptors (Lipinski definition) is 2. The Morgan fingerprint density at radius 2 is 2.06 bits per heavy atom. The summed E-state index contributed by atoms with van der Waals surface area (Å²) in [5, 5.41) is 1.09. The molecule has 0 aliphatic heterocycles. The third kappa shape index (κ3) is 4.79. The molecule has 0 aromatic heterocycles. The minimum absolute atomic E-state index is 0.833. The zero-order valence-corrected chi connectivity index (χ0v) is 11.2. The summed E-state index contributed by atoms with van der Waals surface area (Å²) in [7, 11) is 1.67. The first kappa shape index (κ1) is 13.2.